The minimum Gasteiger partial charge on any atom is -0.281 e. The van der Waals surface area contributed by atoms with Crippen molar-refractivity contribution in [3.05, 3.63) is 0 Å². The largest absolute Gasteiger partial charge is 0.281 e. The molecule has 0 amide bonds. The van der Waals surface area contributed by atoms with Crippen molar-refractivity contribution in [1.29, 1.82) is 0 Å². The zero-order valence-corrected chi connectivity index (χ0v) is 8.54. The predicted molar refractivity (Wildman–Crippen MR) is 47.7 cm³/mol. The molecule has 0 fully saturated rings. The van der Waals surface area contributed by atoms with Crippen LogP contribution in [0.1, 0.15) is 0 Å². The van der Waals surface area contributed by atoms with E-state index in [1.54, 1.807) is 0 Å². The molecule has 0 aromatic carbocycles. The van der Waals surface area contributed by atoms with Crippen molar-refractivity contribution < 1.29 is 4.21 Å². The highest BCUT2D eigenvalue weighted by atomic mass is 35.5. The molecule has 0 bridgehead atoms. The first kappa shape index (κ1) is 23.0. The van der Waals surface area contributed by atoms with Gasteiger partial charge in [0.1, 0.15) is 0 Å². The van der Waals surface area contributed by atoms with Crippen LogP contribution in [0.2, 0.25) is 0 Å². The van der Waals surface area contributed by atoms with E-state index in [2.05, 4.69) is 34.8 Å². The van der Waals surface area contributed by atoms with Crippen molar-refractivity contribution in [3.8, 4) is 0 Å². The molecule has 0 saturated heterocycles. The van der Waals surface area contributed by atoms with E-state index in [9.17, 15) is 0 Å². The molecule has 0 unspecified atom stereocenters. The summed E-state index contributed by atoms with van der Waals surface area (Å²) in [6, 6.07) is 0. The van der Waals surface area contributed by atoms with Gasteiger partial charge in [0.05, 0.1) is 0 Å². The molecule has 1 nitrogen and oxygen atoms in total. The van der Waals surface area contributed by atoms with Crippen LogP contribution in [0.3, 0.4) is 0 Å². The van der Waals surface area contributed by atoms with E-state index < -0.39 is 0 Å². The van der Waals surface area contributed by atoms with Crippen molar-refractivity contribution in [2.75, 3.05) is 19.1 Å². The van der Waals surface area contributed by atoms with Crippen molar-refractivity contribution in [2.45, 2.75) is 0 Å². The maximum absolute atomic E-state index is 8.17. The lowest BCUT2D eigenvalue weighted by molar-refractivity contribution is 0.702. The predicted octanol–water partition coefficient (Wildman–Crippen LogP) is 1.43. The van der Waals surface area contributed by atoms with Gasteiger partial charge < -0.3 is 0 Å². The van der Waals surface area contributed by atoms with Crippen LogP contribution >= 0.6 is 34.8 Å². The summed E-state index contributed by atoms with van der Waals surface area (Å²) in [5, 5.41) is 0. The fraction of sp³-hybridized carbons (Fsp3) is 1.00. The van der Waals surface area contributed by atoms with Crippen LogP contribution in [-0.4, -0.2) is 23.4 Å². The second-order valence-electron chi connectivity index (χ2n) is 0. The van der Waals surface area contributed by atoms with E-state index in [0.717, 1.165) is 0 Å². The van der Waals surface area contributed by atoms with Crippen LogP contribution in [0.4, 0.5) is 0 Å². The molecule has 0 aromatic rings. The Balaban J connectivity index is -0.0000000133. The normalized spacial score (nSPS) is 3.25. The quantitative estimate of drug-likeness (QED) is 0.543. The fourth-order valence-electron chi connectivity index (χ4n) is 0. The first-order valence-electron chi connectivity index (χ1n) is 1.37. The van der Waals surface area contributed by atoms with Gasteiger partial charge in [-0.25, -0.2) is 0 Å². The molecule has 1 radical (unpaired) electrons. The topological polar surface area (TPSA) is 17.1 Å². The molecule has 0 aliphatic heterocycles. The average Bonchev–Trinajstić information content (AvgIpc) is 2.03. The van der Waals surface area contributed by atoms with E-state index in [0.29, 0.717) is 0 Å². The highest BCUT2D eigenvalue weighted by Crippen LogP contribution is 1.34. The van der Waals surface area contributed by atoms with Crippen LogP contribution in [0, 0.1) is 0 Å². The smallest absolute Gasteiger partial charge is 0.0108 e. The molecule has 0 aliphatic carbocycles. The van der Waals surface area contributed by atoms with Gasteiger partial charge in [0.2, 0.25) is 0 Å². The van der Waals surface area contributed by atoms with E-state index in [1.165, 1.54) is 31.7 Å². The van der Waals surface area contributed by atoms with Crippen LogP contribution in [0.25, 0.3) is 0 Å². The Hall–Kier alpha value is 1.02. The molecule has 5 heteroatoms. The van der Waals surface area contributed by atoms with Gasteiger partial charge in [-0.3, -0.25) is 4.21 Å². The van der Waals surface area contributed by atoms with Gasteiger partial charge in [0, 0.05) is 19.1 Å². The molecule has 0 atom stereocenters. The zero-order valence-electron chi connectivity index (χ0n) is 5.12. The Labute approximate surface area is 70.8 Å². The van der Waals surface area contributed by atoms with Crippen molar-refractivity contribution in [3.63, 3.8) is 0 Å². The summed E-state index contributed by atoms with van der Waals surface area (Å²) in [5.74, 6) is 0. The molecule has 0 spiro atoms. The first-order valence-corrected chi connectivity index (χ1v) is 4.11. The van der Waals surface area contributed by atoms with Crippen molar-refractivity contribution in [1.82, 2.24) is 0 Å². The highest BCUT2D eigenvalue weighted by Gasteiger charge is 0.947. The number of hydrogen-bond donors (Lipinski definition) is 0. The Morgan fingerprint density at radius 2 is 0.750 bits per heavy atom. The number of alkyl halides is 3. The van der Waals surface area contributed by atoms with Gasteiger partial charge in [-0.1, -0.05) is 12.5 Å². The number of hydrogen-bond acceptors (Lipinski definition) is 1. The second kappa shape index (κ2) is 380. The third-order valence-corrected chi connectivity index (χ3v) is 0. The summed E-state index contributed by atoms with van der Waals surface area (Å²) in [4.78, 5) is 0. The molecule has 8 heavy (non-hydrogen) atoms. The van der Waals surface area contributed by atoms with Crippen LogP contribution in [-0.2, 0) is 12.5 Å². The lowest BCUT2D eigenvalue weighted by Gasteiger charge is -1.06. The molecule has 0 rings (SSSR count). The maximum Gasteiger partial charge on any atom is 0.0108 e. The third-order valence-electron chi connectivity index (χ3n) is 0. The highest BCUT2D eigenvalue weighted by molar-refractivity contribution is 7.44. The fourth-order valence-corrected chi connectivity index (χ4v) is 0. The number of rotatable bonds is 0. The Morgan fingerprint density at radius 3 is 0.750 bits per heavy atom. The summed E-state index contributed by atoms with van der Waals surface area (Å²) in [5.41, 5.74) is 0. The summed E-state index contributed by atoms with van der Waals surface area (Å²) in [6.45, 7) is 0. The van der Waals surface area contributed by atoms with Crippen LogP contribution < -0.4 is 0 Å². The van der Waals surface area contributed by atoms with Gasteiger partial charge in [-0.2, -0.15) is 0 Å². The van der Waals surface area contributed by atoms with E-state index in [4.69, 9.17) is 4.21 Å². The van der Waals surface area contributed by atoms with E-state index >= 15 is 0 Å². The Morgan fingerprint density at radius 1 is 0.750 bits per heavy atom. The van der Waals surface area contributed by atoms with Gasteiger partial charge in [-0.15, -0.1) is 34.8 Å². The SMILES string of the molecule is CCl.CCl.CCl.O=[SH3]. The molecule has 57 valence electrons. The van der Waals surface area contributed by atoms with Crippen molar-refractivity contribution >= 4 is 47.3 Å². The van der Waals surface area contributed by atoms with Gasteiger partial charge in [0.15, 0.2) is 0 Å². The summed E-state index contributed by atoms with van der Waals surface area (Å²) in [7, 11) is 0. The third kappa shape index (κ3) is 245. The van der Waals surface area contributed by atoms with Crippen LogP contribution in [0.5, 0.6) is 0 Å². The maximum atomic E-state index is 8.17. The Kier molecular flexibility index (Phi) is 1090. The molecule has 0 aromatic heterocycles. The molecular weight excluding hydrogens is 190 g/mol. The van der Waals surface area contributed by atoms with E-state index in [1.807, 2.05) is 0 Å². The van der Waals surface area contributed by atoms with Crippen LogP contribution in [0.15, 0.2) is 0 Å². The molecule has 0 N–H and O–H groups in total. The van der Waals surface area contributed by atoms with E-state index in [-0.39, 0.29) is 0 Å². The second-order valence-corrected chi connectivity index (χ2v) is 0. The average molecular weight is 203 g/mol. The standard InChI is InChI=1S/3CH3Cl.H3OS/c4*1-2/h3*1H3;2H3. The monoisotopic (exact) mass is 201 g/mol. The molecular formula is C3H12Cl3OS. The summed E-state index contributed by atoms with van der Waals surface area (Å²) >= 11 is 15.1. The molecule has 0 saturated carbocycles. The lowest BCUT2D eigenvalue weighted by atomic mass is 12.0. The molecule has 0 heterocycles. The van der Waals surface area contributed by atoms with Gasteiger partial charge in [0.25, 0.3) is 0 Å². The summed E-state index contributed by atoms with van der Waals surface area (Å²) in [6.07, 6.45) is 4.42. The van der Waals surface area contributed by atoms with Gasteiger partial charge in [-0.05, 0) is 0 Å². The minimum absolute atomic E-state index is 1.17. The molecule has 0 aliphatic rings. The Bertz CT molecular complexity index is 14.5. The van der Waals surface area contributed by atoms with Crippen molar-refractivity contribution in [2.24, 2.45) is 0 Å². The zero-order chi connectivity index (χ0) is 8.00. The summed E-state index contributed by atoms with van der Waals surface area (Å²) < 4.78 is 8.17. The van der Waals surface area contributed by atoms with Gasteiger partial charge >= 0.3 is 0 Å². The number of halogens is 3. The lowest BCUT2D eigenvalue weighted by Crippen LogP contribution is -0.894. The minimum atomic E-state index is 1.17. The first-order chi connectivity index (χ1) is 4.00.